The number of rotatable bonds is 6. The summed E-state index contributed by atoms with van der Waals surface area (Å²) in [6.07, 6.45) is 1.39. The summed E-state index contributed by atoms with van der Waals surface area (Å²) in [6.45, 7) is 3.46. The number of aliphatic carboxylic acids is 1. The molecule has 3 N–H and O–H groups in total. The first-order valence-electron chi connectivity index (χ1n) is 8.09. The Morgan fingerprint density at radius 1 is 1.28 bits per heavy atom. The summed E-state index contributed by atoms with van der Waals surface area (Å²) in [4.78, 5) is 24.6. The highest BCUT2D eigenvalue weighted by Crippen LogP contribution is 2.49. The molecule has 25 heavy (non-hydrogen) atoms. The molecule has 0 saturated heterocycles. The molecule has 1 aliphatic carbocycles. The number of hydrogen-bond donors (Lipinski definition) is 3. The van der Waals surface area contributed by atoms with Crippen LogP contribution in [0.1, 0.15) is 41.4 Å². The van der Waals surface area contributed by atoms with E-state index in [4.69, 9.17) is 4.74 Å². The van der Waals surface area contributed by atoms with E-state index in [-0.39, 0.29) is 5.91 Å². The number of methoxy groups -OCH3 is 1. The fourth-order valence-electron chi connectivity index (χ4n) is 3.19. The lowest BCUT2D eigenvalue weighted by atomic mass is 9.93. The number of aromatic amines is 1. The second-order valence-corrected chi connectivity index (χ2v) is 6.40. The zero-order valence-corrected chi connectivity index (χ0v) is 14.4. The Balaban J connectivity index is 1.85. The second-order valence-electron chi connectivity index (χ2n) is 6.40. The molecular formula is C18H21N3O4. The quantitative estimate of drug-likeness (QED) is 0.744. The lowest BCUT2D eigenvalue weighted by Crippen LogP contribution is -2.40. The molecule has 2 aromatic rings. The largest absolute Gasteiger partial charge is 0.497 e. The first-order valence-corrected chi connectivity index (χ1v) is 8.09. The van der Waals surface area contributed by atoms with Crippen molar-refractivity contribution in [2.24, 2.45) is 0 Å². The number of carbonyl (C=O) groups excluding carboxylic acids is 1. The molecule has 1 heterocycles. The lowest BCUT2D eigenvalue weighted by Gasteiger charge is -2.21. The molecular weight excluding hydrogens is 322 g/mol. The number of benzene rings is 1. The lowest BCUT2D eigenvalue weighted by molar-refractivity contribution is -0.142. The van der Waals surface area contributed by atoms with Gasteiger partial charge in [-0.1, -0.05) is 12.1 Å². The van der Waals surface area contributed by atoms with Gasteiger partial charge in [0, 0.05) is 11.3 Å². The maximum atomic E-state index is 12.9. The van der Waals surface area contributed by atoms with E-state index in [0.717, 1.165) is 5.56 Å². The number of ether oxygens (including phenoxy) is 1. The van der Waals surface area contributed by atoms with Gasteiger partial charge < -0.3 is 15.2 Å². The van der Waals surface area contributed by atoms with E-state index < -0.39 is 17.4 Å². The number of carboxylic acids is 1. The van der Waals surface area contributed by atoms with Gasteiger partial charge in [-0.3, -0.25) is 9.89 Å². The Morgan fingerprint density at radius 3 is 2.36 bits per heavy atom. The zero-order valence-electron chi connectivity index (χ0n) is 14.4. The molecule has 1 atom stereocenters. The topological polar surface area (TPSA) is 104 Å². The Hall–Kier alpha value is -2.83. The van der Waals surface area contributed by atoms with Gasteiger partial charge >= 0.3 is 5.97 Å². The Kier molecular flexibility index (Phi) is 4.24. The molecule has 132 valence electrons. The van der Waals surface area contributed by atoms with Gasteiger partial charge in [-0.15, -0.1) is 0 Å². The number of nitrogens with zero attached hydrogens (tertiary/aromatic N) is 1. The fraction of sp³-hybridized carbons (Fsp3) is 0.389. The number of hydrogen-bond acceptors (Lipinski definition) is 4. The normalized spacial score (nSPS) is 16.1. The molecule has 0 unspecified atom stereocenters. The highest BCUT2D eigenvalue weighted by Gasteiger charge is 2.52. The molecule has 1 aromatic heterocycles. The summed E-state index contributed by atoms with van der Waals surface area (Å²) in [5.74, 6) is -0.662. The average molecular weight is 343 g/mol. The maximum Gasteiger partial charge on any atom is 0.331 e. The van der Waals surface area contributed by atoms with E-state index in [9.17, 15) is 14.7 Å². The van der Waals surface area contributed by atoms with Crippen molar-refractivity contribution in [3.63, 3.8) is 0 Å². The van der Waals surface area contributed by atoms with Crippen molar-refractivity contribution >= 4 is 11.9 Å². The third-order valence-electron chi connectivity index (χ3n) is 4.82. The number of aryl methyl sites for hydroxylation is 2. The van der Waals surface area contributed by atoms with Crippen LogP contribution in [-0.2, 0) is 15.0 Å². The highest BCUT2D eigenvalue weighted by atomic mass is 16.5. The molecule has 0 bridgehead atoms. The summed E-state index contributed by atoms with van der Waals surface area (Å²) >= 11 is 0. The molecule has 3 rings (SSSR count). The minimum absolute atomic E-state index is 0.273. The fourth-order valence-corrected chi connectivity index (χ4v) is 3.19. The van der Waals surface area contributed by atoms with E-state index >= 15 is 0 Å². The smallest absolute Gasteiger partial charge is 0.331 e. The number of nitrogens with one attached hydrogen (secondary N) is 2. The van der Waals surface area contributed by atoms with Crippen LogP contribution < -0.4 is 10.1 Å². The molecule has 7 nitrogen and oxygen atoms in total. The number of carboxylic acid groups (broad SMARTS) is 1. The van der Waals surface area contributed by atoms with Gasteiger partial charge in [0.1, 0.15) is 5.75 Å². The Morgan fingerprint density at radius 2 is 1.92 bits per heavy atom. The second kappa shape index (κ2) is 6.23. The SMILES string of the molecule is COc1ccc(C2(C(=O)N[C@H](C(=O)O)c3c(C)n[nH]c3C)CC2)cc1. The van der Waals surface area contributed by atoms with Crippen molar-refractivity contribution in [1.29, 1.82) is 0 Å². The van der Waals surface area contributed by atoms with Crippen LogP contribution >= 0.6 is 0 Å². The molecule has 1 saturated carbocycles. The predicted octanol–water partition coefficient (Wildman–Crippen LogP) is 2.01. The third-order valence-corrected chi connectivity index (χ3v) is 4.82. The van der Waals surface area contributed by atoms with Crippen molar-refractivity contribution in [3.05, 3.63) is 46.8 Å². The molecule has 1 fully saturated rings. The minimum atomic E-state index is -1.12. The van der Waals surface area contributed by atoms with Crippen LogP contribution in [0.4, 0.5) is 0 Å². The monoisotopic (exact) mass is 343 g/mol. The van der Waals surface area contributed by atoms with E-state index in [1.807, 2.05) is 24.3 Å². The van der Waals surface area contributed by atoms with Crippen LogP contribution in [0, 0.1) is 13.8 Å². The first kappa shape index (κ1) is 17.0. The van der Waals surface area contributed by atoms with Gasteiger partial charge in [0.05, 0.1) is 18.2 Å². The molecule has 0 aliphatic heterocycles. The van der Waals surface area contributed by atoms with Crippen molar-refractivity contribution < 1.29 is 19.4 Å². The third kappa shape index (κ3) is 2.97. The van der Waals surface area contributed by atoms with Crippen LogP contribution in [0.5, 0.6) is 5.75 Å². The van der Waals surface area contributed by atoms with Gasteiger partial charge in [-0.25, -0.2) is 4.79 Å². The van der Waals surface area contributed by atoms with Gasteiger partial charge in [0.15, 0.2) is 6.04 Å². The number of amides is 1. The average Bonchev–Trinajstić information content (AvgIpc) is 3.35. The number of carbonyl (C=O) groups is 2. The van der Waals surface area contributed by atoms with Crippen LogP contribution in [0.25, 0.3) is 0 Å². The number of H-pyrrole nitrogens is 1. The van der Waals surface area contributed by atoms with E-state index in [0.29, 0.717) is 35.5 Å². The van der Waals surface area contributed by atoms with Gasteiger partial charge in [0.2, 0.25) is 5.91 Å². The van der Waals surface area contributed by atoms with E-state index in [2.05, 4.69) is 15.5 Å². The van der Waals surface area contributed by atoms with Crippen LogP contribution in [0.15, 0.2) is 24.3 Å². The first-order chi connectivity index (χ1) is 11.9. The van der Waals surface area contributed by atoms with Crippen molar-refractivity contribution in [1.82, 2.24) is 15.5 Å². The zero-order chi connectivity index (χ0) is 18.2. The van der Waals surface area contributed by atoms with Crippen molar-refractivity contribution in [2.75, 3.05) is 7.11 Å². The van der Waals surface area contributed by atoms with Crippen molar-refractivity contribution in [3.8, 4) is 5.75 Å². The highest BCUT2D eigenvalue weighted by molar-refractivity contribution is 5.94. The molecule has 0 radical (unpaired) electrons. The molecule has 7 heteroatoms. The molecule has 1 aliphatic rings. The Labute approximate surface area is 145 Å². The standard InChI is InChI=1S/C18H21N3O4/c1-10-14(11(2)21-20-10)15(16(22)23)19-17(24)18(8-9-18)12-4-6-13(25-3)7-5-12/h4-7,15H,8-9H2,1-3H3,(H,19,24)(H,20,21)(H,22,23)/t15-/m0/s1. The summed E-state index contributed by atoms with van der Waals surface area (Å²) in [5, 5.41) is 19.1. The summed E-state index contributed by atoms with van der Waals surface area (Å²) < 4.78 is 5.15. The van der Waals surface area contributed by atoms with E-state index in [1.165, 1.54) is 0 Å². The Bertz CT molecular complexity index is 787. The molecule has 1 amide bonds. The van der Waals surface area contributed by atoms with E-state index in [1.54, 1.807) is 21.0 Å². The summed E-state index contributed by atoms with van der Waals surface area (Å²) in [5.41, 5.74) is 1.92. The van der Waals surface area contributed by atoms with Gasteiger partial charge in [-0.05, 0) is 44.4 Å². The predicted molar refractivity (Wildman–Crippen MR) is 90.5 cm³/mol. The molecule has 1 aromatic carbocycles. The van der Waals surface area contributed by atoms with Crippen molar-refractivity contribution in [2.45, 2.75) is 38.1 Å². The van der Waals surface area contributed by atoms with Gasteiger partial charge in [-0.2, -0.15) is 5.10 Å². The van der Waals surface area contributed by atoms with Crippen LogP contribution in [0.3, 0.4) is 0 Å². The van der Waals surface area contributed by atoms with Crippen LogP contribution in [0.2, 0.25) is 0 Å². The van der Waals surface area contributed by atoms with Gasteiger partial charge in [0.25, 0.3) is 0 Å². The minimum Gasteiger partial charge on any atom is -0.497 e. The summed E-state index contributed by atoms with van der Waals surface area (Å²) in [6, 6.07) is 6.20. The number of aromatic nitrogens is 2. The summed E-state index contributed by atoms with van der Waals surface area (Å²) in [7, 11) is 1.58. The van der Waals surface area contributed by atoms with Crippen LogP contribution in [-0.4, -0.2) is 34.3 Å². The molecule has 0 spiro atoms. The maximum absolute atomic E-state index is 12.9.